The first kappa shape index (κ1) is 22.1. The summed E-state index contributed by atoms with van der Waals surface area (Å²) in [5, 5.41) is 3.27. The van der Waals surface area contributed by atoms with Gasteiger partial charge in [-0.1, -0.05) is 23.4 Å². The van der Waals surface area contributed by atoms with Crippen LogP contribution in [0.3, 0.4) is 0 Å². The maximum absolute atomic E-state index is 12.7. The van der Waals surface area contributed by atoms with Gasteiger partial charge in [-0.25, -0.2) is 4.79 Å². The summed E-state index contributed by atoms with van der Waals surface area (Å²) in [4.78, 5) is 29.2. The SMILES string of the molecule is Cn1c2c(c(=O)n(Cc3nc(/C=C/C(S)c4ccc(C(F)(F)F)cc4)no3)c1=O)COC2. The number of aromatic nitrogens is 4. The van der Waals surface area contributed by atoms with Gasteiger partial charge in [0.1, 0.15) is 6.54 Å². The summed E-state index contributed by atoms with van der Waals surface area (Å²) >= 11 is 4.36. The Morgan fingerprint density at radius 2 is 1.94 bits per heavy atom. The van der Waals surface area contributed by atoms with Crippen molar-refractivity contribution in [3.05, 3.63) is 85.3 Å². The van der Waals surface area contributed by atoms with Crippen molar-refractivity contribution in [2.24, 2.45) is 7.05 Å². The number of nitrogens with zero attached hydrogens (tertiary/aromatic N) is 4. The van der Waals surface area contributed by atoms with E-state index in [4.69, 9.17) is 9.26 Å². The summed E-state index contributed by atoms with van der Waals surface area (Å²) in [5.74, 6) is 0.216. The number of ether oxygens (including phenoxy) is 1. The average Bonchev–Trinajstić information content (AvgIpc) is 3.43. The molecule has 3 aromatic rings. The van der Waals surface area contributed by atoms with Crippen LogP contribution in [0.2, 0.25) is 0 Å². The van der Waals surface area contributed by atoms with Crippen LogP contribution in [0.4, 0.5) is 13.2 Å². The molecule has 2 aromatic heterocycles. The van der Waals surface area contributed by atoms with Gasteiger partial charge in [0.2, 0.25) is 5.89 Å². The maximum Gasteiger partial charge on any atom is 0.416 e. The summed E-state index contributed by atoms with van der Waals surface area (Å²) in [6.45, 7) is 0.132. The molecule has 0 bridgehead atoms. The third kappa shape index (κ3) is 4.28. The fourth-order valence-corrected chi connectivity index (χ4v) is 3.54. The van der Waals surface area contributed by atoms with E-state index in [0.29, 0.717) is 16.8 Å². The molecule has 3 heterocycles. The molecule has 12 heteroatoms. The number of alkyl halides is 3. The minimum absolute atomic E-state index is 0.0490. The topological polar surface area (TPSA) is 92.1 Å². The van der Waals surface area contributed by atoms with Crippen LogP contribution >= 0.6 is 12.6 Å². The minimum atomic E-state index is -4.41. The standard InChI is InChI=1S/C20H17F3N4O4S/c1-26-14-10-30-9-13(14)18(28)27(19(26)29)8-17-24-16(25-31-17)7-6-15(32)11-2-4-12(5-3-11)20(21,22)23/h2-7,15,32H,8-10H2,1H3/b7-6+. The van der Waals surface area contributed by atoms with Crippen LogP contribution in [0, 0.1) is 0 Å². The van der Waals surface area contributed by atoms with Gasteiger partial charge in [0, 0.05) is 12.3 Å². The van der Waals surface area contributed by atoms with Crippen molar-refractivity contribution >= 4 is 18.7 Å². The van der Waals surface area contributed by atoms with Crippen molar-refractivity contribution < 1.29 is 22.4 Å². The van der Waals surface area contributed by atoms with Gasteiger partial charge < -0.3 is 9.26 Å². The molecule has 1 unspecified atom stereocenters. The van der Waals surface area contributed by atoms with Crippen LogP contribution in [0.15, 0.2) is 44.5 Å². The molecule has 0 saturated heterocycles. The normalized spacial score (nSPS) is 14.8. The molecule has 8 nitrogen and oxygen atoms in total. The van der Waals surface area contributed by atoms with E-state index in [-0.39, 0.29) is 31.5 Å². The highest BCUT2D eigenvalue weighted by atomic mass is 32.1. The second-order valence-electron chi connectivity index (χ2n) is 7.12. The lowest BCUT2D eigenvalue weighted by Crippen LogP contribution is -2.41. The zero-order chi connectivity index (χ0) is 23.0. The highest BCUT2D eigenvalue weighted by molar-refractivity contribution is 7.80. The fraction of sp³-hybridized carbons (Fsp3) is 0.300. The Bertz CT molecular complexity index is 1290. The molecule has 1 aromatic carbocycles. The van der Waals surface area contributed by atoms with Crippen molar-refractivity contribution in [1.82, 2.24) is 19.3 Å². The van der Waals surface area contributed by atoms with Crippen LogP contribution in [0.25, 0.3) is 6.08 Å². The Balaban J connectivity index is 1.49. The largest absolute Gasteiger partial charge is 0.416 e. The highest BCUT2D eigenvalue weighted by Crippen LogP contribution is 2.31. The number of hydrogen-bond donors (Lipinski definition) is 1. The monoisotopic (exact) mass is 466 g/mol. The van der Waals surface area contributed by atoms with Gasteiger partial charge in [-0.2, -0.15) is 30.8 Å². The first-order chi connectivity index (χ1) is 15.1. The van der Waals surface area contributed by atoms with Crippen molar-refractivity contribution in [3.8, 4) is 0 Å². The molecule has 0 aliphatic carbocycles. The third-order valence-corrected chi connectivity index (χ3v) is 5.51. The smallest absolute Gasteiger partial charge is 0.370 e. The van der Waals surface area contributed by atoms with E-state index in [9.17, 15) is 22.8 Å². The van der Waals surface area contributed by atoms with Crippen molar-refractivity contribution in [1.29, 1.82) is 0 Å². The number of benzene rings is 1. The molecule has 0 spiro atoms. The number of halogens is 3. The number of fused-ring (bicyclic) bond motifs is 1. The first-order valence-electron chi connectivity index (χ1n) is 9.40. The Kier molecular flexibility index (Phi) is 5.82. The maximum atomic E-state index is 12.7. The zero-order valence-corrected chi connectivity index (χ0v) is 17.6. The average molecular weight is 466 g/mol. The van der Waals surface area contributed by atoms with E-state index < -0.39 is 28.2 Å². The molecule has 4 rings (SSSR count). The molecule has 1 aliphatic heterocycles. The zero-order valence-electron chi connectivity index (χ0n) is 16.7. The molecular weight excluding hydrogens is 449 g/mol. The molecule has 0 saturated carbocycles. The van der Waals surface area contributed by atoms with Gasteiger partial charge >= 0.3 is 11.9 Å². The van der Waals surface area contributed by atoms with Crippen molar-refractivity contribution in [3.63, 3.8) is 0 Å². The fourth-order valence-electron chi connectivity index (χ4n) is 3.28. The van der Waals surface area contributed by atoms with E-state index in [1.165, 1.54) is 22.8 Å². The van der Waals surface area contributed by atoms with Crippen LogP contribution in [-0.4, -0.2) is 19.3 Å². The quantitative estimate of drug-likeness (QED) is 0.582. The lowest BCUT2D eigenvalue weighted by Gasteiger charge is -2.09. The molecule has 1 aliphatic rings. The molecule has 0 fully saturated rings. The van der Waals surface area contributed by atoms with E-state index in [1.807, 2.05) is 0 Å². The van der Waals surface area contributed by atoms with Crippen LogP contribution in [0.1, 0.15) is 39.3 Å². The first-order valence-corrected chi connectivity index (χ1v) is 9.92. The molecule has 1 atom stereocenters. The van der Waals surface area contributed by atoms with Gasteiger partial charge in [-0.05, 0) is 23.8 Å². The minimum Gasteiger partial charge on any atom is -0.370 e. The van der Waals surface area contributed by atoms with Crippen molar-refractivity contribution in [2.75, 3.05) is 0 Å². The summed E-state index contributed by atoms with van der Waals surface area (Å²) in [7, 11) is 1.56. The molecular formula is C20H17F3N4O4S. The summed E-state index contributed by atoms with van der Waals surface area (Å²) in [6.07, 6.45) is -1.34. The highest BCUT2D eigenvalue weighted by Gasteiger charge is 2.30. The van der Waals surface area contributed by atoms with E-state index in [1.54, 1.807) is 13.1 Å². The molecule has 0 N–H and O–H groups in total. The van der Waals surface area contributed by atoms with E-state index in [0.717, 1.165) is 16.7 Å². The van der Waals surface area contributed by atoms with E-state index >= 15 is 0 Å². The number of hydrogen-bond acceptors (Lipinski definition) is 7. The van der Waals surface area contributed by atoms with Crippen LogP contribution < -0.4 is 11.2 Å². The lowest BCUT2D eigenvalue weighted by atomic mass is 10.1. The van der Waals surface area contributed by atoms with Gasteiger partial charge in [0.05, 0.1) is 30.0 Å². The van der Waals surface area contributed by atoms with E-state index in [2.05, 4.69) is 22.8 Å². The second-order valence-corrected chi connectivity index (χ2v) is 7.68. The van der Waals surface area contributed by atoms with Crippen LogP contribution in [-0.2, 0) is 37.7 Å². The van der Waals surface area contributed by atoms with Gasteiger partial charge in [-0.15, -0.1) is 0 Å². The summed E-state index contributed by atoms with van der Waals surface area (Å²) in [5.41, 5.74) is -0.208. The lowest BCUT2D eigenvalue weighted by molar-refractivity contribution is -0.137. The third-order valence-electron chi connectivity index (χ3n) is 5.04. The molecule has 168 valence electrons. The molecule has 0 radical (unpaired) electrons. The Morgan fingerprint density at radius 1 is 1.22 bits per heavy atom. The number of thiol groups is 1. The Labute approximate surface area is 184 Å². The van der Waals surface area contributed by atoms with Gasteiger partial charge in [-0.3, -0.25) is 13.9 Å². The number of rotatable bonds is 5. The van der Waals surface area contributed by atoms with Gasteiger partial charge in [0.15, 0.2) is 5.82 Å². The summed E-state index contributed by atoms with van der Waals surface area (Å²) < 4.78 is 50.8. The van der Waals surface area contributed by atoms with Gasteiger partial charge in [0.25, 0.3) is 5.56 Å². The second kappa shape index (κ2) is 8.43. The Hall–Kier alpha value is -3.12. The Morgan fingerprint density at radius 3 is 2.62 bits per heavy atom. The predicted octanol–water partition coefficient (Wildman–Crippen LogP) is 2.71. The van der Waals surface area contributed by atoms with Crippen molar-refractivity contribution in [2.45, 2.75) is 31.2 Å². The predicted molar refractivity (Wildman–Crippen MR) is 110 cm³/mol. The van der Waals surface area contributed by atoms with Crippen LogP contribution in [0.5, 0.6) is 0 Å². The molecule has 32 heavy (non-hydrogen) atoms. The molecule has 0 amide bonds. The summed E-state index contributed by atoms with van der Waals surface area (Å²) in [6, 6.07) is 4.65.